The molecule has 0 aliphatic heterocycles. The molecule has 0 saturated heterocycles. The average molecular weight is 108 g/mol. The molecule has 0 N–H and O–H groups in total. The average Bonchev–Trinajstić information content (AvgIpc) is 1.35. The molecule has 4 heteroatoms. The smallest absolute Gasteiger partial charge is 0.173 e. The summed E-state index contributed by atoms with van der Waals surface area (Å²) in [5, 5.41) is 0. The molecule has 0 aromatic heterocycles. The van der Waals surface area contributed by atoms with Gasteiger partial charge in [-0.3, -0.25) is 0 Å². The second-order valence-corrected chi connectivity index (χ2v) is 2.29. The lowest BCUT2D eigenvalue weighted by Crippen LogP contribution is -1.98. The van der Waals surface area contributed by atoms with Crippen molar-refractivity contribution in [3.8, 4) is 0 Å². The van der Waals surface area contributed by atoms with Gasteiger partial charge in [0.05, 0.1) is 6.92 Å². The molecule has 0 saturated carbocycles. The zero-order valence-electron chi connectivity index (χ0n) is 3.05. The highest BCUT2D eigenvalue weighted by Crippen LogP contribution is 1.73. The van der Waals surface area contributed by atoms with E-state index >= 15 is 0 Å². The van der Waals surface area contributed by atoms with E-state index in [9.17, 15) is 13.0 Å². The van der Waals surface area contributed by atoms with Gasteiger partial charge in [0.15, 0.2) is 5.75 Å². The third-order valence-corrected chi connectivity index (χ3v) is 0.750. The van der Waals surface area contributed by atoms with Crippen LogP contribution in [0.25, 0.3) is 0 Å². The molecule has 0 bridgehead atoms. The zero-order valence-corrected chi connectivity index (χ0v) is 3.86. The molecular formula is C2H4O3S. The third kappa shape index (κ3) is 3.78. The predicted molar refractivity (Wildman–Crippen MR) is 19.9 cm³/mol. The Balaban J connectivity index is 3.85. The summed E-state index contributed by atoms with van der Waals surface area (Å²) in [6, 6.07) is 0. The van der Waals surface area contributed by atoms with E-state index in [-0.39, 0.29) is 0 Å². The van der Waals surface area contributed by atoms with E-state index in [4.69, 9.17) is 0 Å². The summed E-state index contributed by atoms with van der Waals surface area (Å²) in [6.07, 6.45) is 0. The van der Waals surface area contributed by atoms with Gasteiger partial charge in [0.2, 0.25) is 0 Å². The Morgan fingerprint density at radius 1 is 1.67 bits per heavy atom. The van der Waals surface area contributed by atoms with Crippen LogP contribution in [0.1, 0.15) is 0 Å². The Kier molecular flexibility index (Phi) is 1.43. The van der Waals surface area contributed by atoms with Crippen LogP contribution in [0.2, 0.25) is 0 Å². The maximum atomic E-state index is 9.38. The molecule has 0 radical (unpaired) electrons. The van der Waals surface area contributed by atoms with Gasteiger partial charge in [0.25, 0.3) is 0 Å². The molecule has 36 valence electrons. The summed E-state index contributed by atoms with van der Waals surface area (Å²) in [5.74, 6) is -0.562. The van der Waals surface area contributed by atoms with Crippen molar-refractivity contribution in [3.05, 3.63) is 6.92 Å². The normalized spacial score (nSPS) is 11.5. The molecule has 0 aromatic rings. The van der Waals surface area contributed by atoms with Crippen LogP contribution in [-0.4, -0.2) is 18.7 Å². The molecule has 0 atom stereocenters. The van der Waals surface area contributed by atoms with Crippen LogP contribution < -0.4 is 0 Å². The van der Waals surface area contributed by atoms with Crippen molar-refractivity contribution in [3.63, 3.8) is 0 Å². The summed E-state index contributed by atoms with van der Waals surface area (Å²) < 4.78 is 28.1. The van der Waals surface area contributed by atoms with Crippen LogP contribution in [0.3, 0.4) is 0 Å². The van der Waals surface area contributed by atoms with Crippen molar-refractivity contribution >= 4 is 10.1 Å². The summed E-state index contributed by atoms with van der Waals surface area (Å²) in [7, 11) is -4.02. The highest BCUT2D eigenvalue weighted by Gasteiger charge is 1.87. The Bertz CT molecular complexity index is 111. The Morgan fingerprint density at radius 2 is 1.83 bits per heavy atom. The fourth-order valence-electron chi connectivity index (χ4n) is 0. The molecule has 0 fully saturated rings. The SMILES string of the molecule is [CH2+]CS(=O)(=O)[O-]. The molecule has 0 amide bonds. The third-order valence-electron chi connectivity index (χ3n) is 0.250. The summed E-state index contributed by atoms with van der Waals surface area (Å²) in [5.41, 5.74) is 0. The zero-order chi connectivity index (χ0) is 5.21. The Hall–Kier alpha value is -0.220. The van der Waals surface area contributed by atoms with E-state index in [0.29, 0.717) is 0 Å². The van der Waals surface area contributed by atoms with Gasteiger partial charge in [-0.25, -0.2) is 8.42 Å². The number of hydrogen-bond acceptors (Lipinski definition) is 3. The fraction of sp³-hybridized carbons (Fsp3) is 0.500. The van der Waals surface area contributed by atoms with E-state index in [0.717, 1.165) is 0 Å². The summed E-state index contributed by atoms with van der Waals surface area (Å²) >= 11 is 0. The largest absolute Gasteiger partial charge is 0.745 e. The molecule has 0 spiro atoms. The minimum atomic E-state index is -4.02. The monoisotopic (exact) mass is 108 g/mol. The van der Waals surface area contributed by atoms with Crippen LogP contribution in [0.5, 0.6) is 0 Å². The topological polar surface area (TPSA) is 57.2 Å². The van der Waals surface area contributed by atoms with Crippen LogP contribution in [-0.2, 0) is 10.1 Å². The van der Waals surface area contributed by atoms with Crippen LogP contribution in [0.15, 0.2) is 0 Å². The van der Waals surface area contributed by atoms with Gasteiger partial charge in [-0.15, -0.1) is 0 Å². The first-order valence-corrected chi connectivity index (χ1v) is 2.87. The minimum Gasteiger partial charge on any atom is -0.745 e. The van der Waals surface area contributed by atoms with Gasteiger partial charge in [-0.05, 0) is 0 Å². The van der Waals surface area contributed by atoms with E-state index in [1.54, 1.807) is 0 Å². The summed E-state index contributed by atoms with van der Waals surface area (Å²) in [6.45, 7) is 2.86. The van der Waals surface area contributed by atoms with Crippen molar-refractivity contribution in [2.24, 2.45) is 0 Å². The van der Waals surface area contributed by atoms with Crippen molar-refractivity contribution in [1.29, 1.82) is 0 Å². The van der Waals surface area contributed by atoms with Crippen molar-refractivity contribution in [2.45, 2.75) is 0 Å². The van der Waals surface area contributed by atoms with Crippen LogP contribution in [0.4, 0.5) is 0 Å². The van der Waals surface area contributed by atoms with E-state index < -0.39 is 15.9 Å². The van der Waals surface area contributed by atoms with E-state index in [1.165, 1.54) is 0 Å². The van der Waals surface area contributed by atoms with E-state index in [2.05, 4.69) is 6.92 Å². The highest BCUT2D eigenvalue weighted by atomic mass is 32.2. The maximum absolute atomic E-state index is 9.38. The van der Waals surface area contributed by atoms with Gasteiger partial charge in [0.1, 0.15) is 10.1 Å². The van der Waals surface area contributed by atoms with Gasteiger partial charge in [0, 0.05) is 0 Å². The molecule has 0 aromatic carbocycles. The Labute approximate surface area is 36.7 Å². The van der Waals surface area contributed by atoms with Gasteiger partial charge in [-0.2, -0.15) is 0 Å². The molecule has 0 rings (SSSR count). The molecule has 0 aliphatic carbocycles. The number of hydrogen-bond donors (Lipinski definition) is 0. The molecule has 6 heavy (non-hydrogen) atoms. The first kappa shape index (κ1) is 5.78. The van der Waals surface area contributed by atoms with Crippen molar-refractivity contribution in [1.82, 2.24) is 0 Å². The molecule has 0 heterocycles. The van der Waals surface area contributed by atoms with E-state index in [1.807, 2.05) is 0 Å². The van der Waals surface area contributed by atoms with Gasteiger partial charge >= 0.3 is 0 Å². The second kappa shape index (κ2) is 1.49. The first-order valence-electron chi connectivity index (χ1n) is 1.29. The summed E-state index contributed by atoms with van der Waals surface area (Å²) in [4.78, 5) is 0. The maximum Gasteiger partial charge on any atom is 0.173 e. The van der Waals surface area contributed by atoms with Gasteiger partial charge < -0.3 is 4.55 Å². The fourth-order valence-corrected chi connectivity index (χ4v) is 0. The quantitative estimate of drug-likeness (QED) is 0.332. The lowest BCUT2D eigenvalue weighted by Gasteiger charge is -1.93. The Morgan fingerprint density at radius 3 is 1.83 bits per heavy atom. The molecular weight excluding hydrogens is 104 g/mol. The molecule has 0 aliphatic rings. The number of rotatable bonds is 1. The lowest BCUT2D eigenvalue weighted by molar-refractivity contribution is 0.466. The standard InChI is InChI=1S/C2H4O3S/c1-2-6(3,4)5/h1-2H2. The predicted octanol–water partition coefficient (Wildman–Crippen LogP) is -0.634. The van der Waals surface area contributed by atoms with Crippen LogP contribution >= 0.6 is 0 Å². The van der Waals surface area contributed by atoms with Crippen LogP contribution in [0, 0.1) is 6.92 Å². The van der Waals surface area contributed by atoms with Crippen molar-refractivity contribution < 1.29 is 13.0 Å². The van der Waals surface area contributed by atoms with Gasteiger partial charge in [-0.1, -0.05) is 0 Å². The first-order chi connectivity index (χ1) is 2.56. The van der Waals surface area contributed by atoms with Crippen molar-refractivity contribution in [2.75, 3.05) is 5.75 Å². The second-order valence-electron chi connectivity index (χ2n) is 0.762. The minimum absolute atomic E-state index is 0.562. The lowest BCUT2D eigenvalue weighted by atomic mass is 11.0. The molecule has 3 nitrogen and oxygen atoms in total. The highest BCUT2D eigenvalue weighted by molar-refractivity contribution is 7.85. The molecule has 0 unspecified atom stereocenters.